The SMILES string of the molecule is COc1ccc(C)cc1NC(=O)CN(c1ccccc1)S(=O)(=O)c1cccc(C)c1. The van der Waals surface area contributed by atoms with E-state index < -0.39 is 15.9 Å². The van der Waals surface area contributed by atoms with Crippen LogP contribution < -0.4 is 14.4 Å². The number of nitrogens with one attached hydrogen (secondary N) is 1. The third-order valence-corrected chi connectivity index (χ3v) is 6.31. The number of anilines is 2. The van der Waals surface area contributed by atoms with Crippen LogP contribution in [0.3, 0.4) is 0 Å². The van der Waals surface area contributed by atoms with Crippen molar-refractivity contribution in [2.75, 3.05) is 23.3 Å². The van der Waals surface area contributed by atoms with Crippen LogP contribution in [-0.2, 0) is 14.8 Å². The van der Waals surface area contributed by atoms with E-state index in [4.69, 9.17) is 4.74 Å². The molecular formula is C23H24N2O4S. The van der Waals surface area contributed by atoms with Gasteiger partial charge in [0, 0.05) is 0 Å². The van der Waals surface area contributed by atoms with E-state index in [-0.39, 0.29) is 11.4 Å². The van der Waals surface area contributed by atoms with E-state index in [0.29, 0.717) is 17.1 Å². The molecule has 3 aromatic rings. The molecule has 1 amide bonds. The third kappa shape index (κ3) is 4.80. The van der Waals surface area contributed by atoms with Crippen LogP contribution in [0.15, 0.2) is 77.7 Å². The van der Waals surface area contributed by atoms with Crippen molar-refractivity contribution >= 4 is 27.3 Å². The highest BCUT2D eigenvalue weighted by Gasteiger charge is 2.27. The van der Waals surface area contributed by atoms with Crippen molar-refractivity contribution in [1.29, 1.82) is 0 Å². The van der Waals surface area contributed by atoms with Gasteiger partial charge in [-0.15, -0.1) is 0 Å². The number of amides is 1. The summed E-state index contributed by atoms with van der Waals surface area (Å²) in [6.07, 6.45) is 0. The summed E-state index contributed by atoms with van der Waals surface area (Å²) < 4.78 is 33.1. The molecule has 6 nitrogen and oxygen atoms in total. The monoisotopic (exact) mass is 424 g/mol. The maximum absolute atomic E-state index is 13.4. The summed E-state index contributed by atoms with van der Waals surface area (Å²) in [5.41, 5.74) is 2.66. The van der Waals surface area contributed by atoms with E-state index in [2.05, 4.69) is 5.32 Å². The second-order valence-electron chi connectivity index (χ2n) is 6.92. The summed E-state index contributed by atoms with van der Waals surface area (Å²) in [7, 11) is -2.43. The van der Waals surface area contributed by atoms with Crippen molar-refractivity contribution in [3.8, 4) is 5.75 Å². The molecule has 0 aliphatic rings. The molecule has 0 spiro atoms. The molecule has 0 saturated heterocycles. The number of hydrogen-bond acceptors (Lipinski definition) is 4. The number of carbonyl (C=O) groups is 1. The van der Waals surface area contributed by atoms with Gasteiger partial charge in [0.05, 0.1) is 23.4 Å². The minimum Gasteiger partial charge on any atom is -0.495 e. The largest absolute Gasteiger partial charge is 0.495 e. The lowest BCUT2D eigenvalue weighted by Gasteiger charge is -2.24. The standard InChI is InChI=1S/C23H24N2O4S/c1-17-8-7-11-20(14-17)30(27,28)25(19-9-5-4-6-10-19)16-23(26)24-21-15-18(2)12-13-22(21)29-3/h4-15H,16H2,1-3H3,(H,24,26). The van der Waals surface area contributed by atoms with Gasteiger partial charge in [-0.2, -0.15) is 0 Å². The molecule has 7 heteroatoms. The molecule has 0 radical (unpaired) electrons. The Labute approximate surface area is 177 Å². The molecule has 0 aliphatic carbocycles. The number of para-hydroxylation sites is 1. The third-order valence-electron chi connectivity index (χ3n) is 4.54. The van der Waals surface area contributed by atoms with Crippen LogP contribution in [0.25, 0.3) is 0 Å². The summed E-state index contributed by atoms with van der Waals surface area (Å²) in [5.74, 6) is 0.0285. The first kappa shape index (κ1) is 21.4. The fourth-order valence-electron chi connectivity index (χ4n) is 3.05. The summed E-state index contributed by atoms with van der Waals surface area (Å²) in [6, 6.07) is 20.6. The maximum atomic E-state index is 13.4. The average Bonchev–Trinajstić information content (AvgIpc) is 2.73. The number of ether oxygens (including phenoxy) is 1. The molecule has 3 rings (SSSR count). The minimum atomic E-state index is -3.95. The Morgan fingerprint density at radius 1 is 0.933 bits per heavy atom. The van der Waals surface area contributed by atoms with Crippen molar-refractivity contribution in [3.05, 3.63) is 83.9 Å². The van der Waals surface area contributed by atoms with Gasteiger partial charge in [0.1, 0.15) is 12.3 Å². The number of rotatable bonds is 7. The van der Waals surface area contributed by atoms with Gasteiger partial charge in [-0.1, -0.05) is 36.4 Å². The molecule has 0 heterocycles. The van der Waals surface area contributed by atoms with Crippen LogP contribution in [0, 0.1) is 13.8 Å². The zero-order valence-electron chi connectivity index (χ0n) is 17.1. The highest BCUT2D eigenvalue weighted by Crippen LogP contribution is 2.27. The fourth-order valence-corrected chi connectivity index (χ4v) is 4.58. The maximum Gasteiger partial charge on any atom is 0.264 e. The lowest BCUT2D eigenvalue weighted by atomic mass is 10.2. The van der Waals surface area contributed by atoms with Crippen LogP contribution in [-0.4, -0.2) is 28.0 Å². The normalized spacial score (nSPS) is 11.0. The van der Waals surface area contributed by atoms with Gasteiger partial charge in [-0.05, 0) is 61.4 Å². The van der Waals surface area contributed by atoms with Crippen LogP contribution in [0.4, 0.5) is 11.4 Å². The van der Waals surface area contributed by atoms with Gasteiger partial charge in [-0.3, -0.25) is 9.10 Å². The van der Waals surface area contributed by atoms with Crippen LogP contribution in [0.2, 0.25) is 0 Å². The van der Waals surface area contributed by atoms with E-state index in [1.807, 2.05) is 26.0 Å². The average molecular weight is 425 g/mol. The van der Waals surface area contributed by atoms with Crippen molar-refractivity contribution in [2.45, 2.75) is 18.7 Å². The summed E-state index contributed by atoms with van der Waals surface area (Å²) >= 11 is 0. The predicted molar refractivity (Wildman–Crippen MR) is 119 cm³/mol. The Kier molecular flexibility index (Phi) is 6.42. The molecule has 0 aliphatic heterocycles. The fraction of sp³-hybridized carbons (Fsp3) is 0.174. The van der Waals surface area contributed by atoms with Gasteiger partial charge < -0.3 is 10.1 Å². The molecule has 3 aromatic carbocycles. The number of nitrogens with zero attached hydrogens (tertiary/aromatic N) is 1. The van der Waals surface area contributed by atoms with Gasteiger partial charge >= 0.3 is 0 Å². The summed E-state index contributed by atoms with van der Waals surface area (Å²) in [6.45, 7) is 3.34. The van der Waals surface area contributed by atoms with Crippen LogP contribution >= 0.6 is 0 Å². The first-order valence-corrected chi connectivity index (χ1v) is 10.8. The van der Waals surface area contributed by atoms with E-state index in [0.717, 1.165) is 15.4 Å². The Balaban J connectivity index is 1.95. The van der Waals surface area contributed by atoms with Crippen molar-refractivity contribution in [3.63, 3.8) is 0 Å². The second kappa shape index (κ2) is 9.00. The zero-order chi connectivity index (χ0) is 21.7. The number of carbonyl (C=O) groups excluding carboxylic acids is 1. The van der Waals surface area contributed by atoms with Gasteiger partial charge in [0.2, 0.25) is 5.91 Å². The zero-order valence-corrected chi connectivity index (χ0v) is 17.9. The van der Waals surface area contributed by atoms with Gasteiger partial charge in [-0.25, -0.2) is 8.42 Å². The highest BCUT2D eigenvalue weighted by atomic mass is 32.2. The van der Waals surface area contributed by atoms with Gasteiger partial charge in [0.15, 0.2) is 0 Å². The molecule has 0 bridgehead atoms. The molecule has 30 heavy (non-hydrogen) atoms. The summed E-state index contributed by atoms with van der Waals surface area (Å²) in [4.78, 5) is 13.0. The Bertz CT molecular complexity index is 1140. The lowest BCUT2D eigenvalue weighted by molar-refractivity contribution is -0.114. The van der Waals surface area contributed by atoms with Crippen LogP contribution in [0.5, 0.6) is 5.75 Å². The summed E-state index contributed by atoms with van der Waals surface area (Å²) in [5, 5.41) is 2.77. The van der Waals surface area contributed by atoms with Crippen molar-refractivity contribution in [2.24, 2.45) is 0 Å². The quantitative estimate of drug-likeness (QED) is 0.618. The van der Waals surface area contributed by atoms with Crippen LogP contribution in [0.1, 0.15) is 11.1 Å². The molecule has 0 fully saturated rings. The predicted octanol–water partition coefficient (Wildman–Crippen LogP) is 4.15. The first-order valence-electron chi connectivity index (χ1n) is 9.40. The van der Waals surface area contributed by atoms with E-state index >= 15 is 0 Å². The second-order valence-corrected chi connectivity index (χ2v) is 8.78. The van der Waals surface area contributed by atoms with Gasteiger partial charge in [0.25, 0.3) is 10.0 Å². The molecular weight excluding hydrogens is 400 g/mol. The number of benzene rings is 3. The number of methoxy groups -OCH3 is 1. The number of hydrogen-bond donors (Lipinski definition) is 1. The smallest absolute Gasteiger partial charge is 0.264 e. The van der Waals surface area contributed by atoms with Crippen molar-refractivity contribution in [1.82, 2.24) is 0 Å². The number of sulfonamides is 1. The molecule has 0 saturated carbocycles. The molecule has 156 valence electrons. The van der Waals surface area contributed by atoms with E-state index in [1.54, 1.807) is 54.6 Å². The molecule has 0 aromatic heterocycles. The Morgan fingerprint density at radius 2 is 1.63 bits per heavy atom. The molecule has 0 atom stereocenters. The topological polar surface area (TPSA) is 75.7 Å². The van der Waals surface area contributed by atoms with E-state index in [1.165, 1.54) is 13.2 Å². The first-order chi connectivity index (χ1) is 14.3. The Hall–Kier alpha value is -3.32. The highest BCUT2D eigenvalue weighted by molar-refractivity contribution is 7.92. The lowest BCUT2D eigenvalue weighted by Crippen LogP contribution is -2.38. The Morgan fingerprint density at radius 3 is 2.30 bits per heavy atom. The number of aryl methyl sites for hydroxylation is 2. The molecule has 0 unspecified atom stereocenters. The van der Waals surface area contributed by atoms with Crippen molar-refractivity contribution < 1.29 is 17.9 Å². The molecule has 1 N–H and O–H groups in total. The minimum absolute atomic E-state index is 0.132. The van der Waals surface area contributed by atoms with E-state index in [9.17, 15) is 13.2 Å².